The van der Waals surface area contributed by atoms with E-state index < -0.39 is 10.8 Å². The predicted octanol–water partition coefficient (Wildman–Crippen LogP) is 1.59. The maximum absolute atomic E-state index is 12.0. The first kappa shape index (κ1) is 13.9. The van der Waals surface area contributed by atoms with Gasteiger partial charge in [0.1, 0.15) is 17.5 Å². The summed E-state index contributed by atoms with van der Waals surface area (Å²) in [6, 6.07) is 5.26. The van der Waals surface area contributed by atoms with Crippen LogP contribution in [0, 0.1) is 0 Å². The summed E-state index contributed by atoms with van der Waals surface area (Å²) < 4.78 is 16.6. The van der Waals surface area contributed by atoms with E-state index in [1.807, 2.05) is 25.1 Å². The second-order valence-electron chi connectivity index (χ2n) is 4.36. The molecule has 0 fully saturated rings. The Morgan fingerprint density at radius 2 is 2.21 bits per heavy atom. The van der Waals surface area contributed by atoms with Gasteiger partial charge in [0.25, 0.3) is 0 Å². The first-order valence-corrected chi connectivity index (χ1v) is 7.97. The Morgan fingerprint density at radius 1 is 1.42 bits per heavy atom. The SMILES string of the molecule is CCOc1cccc2c1NC(=O)C(CCS(C)=O)N2. The third-order valence-electron chi connectivity index (χ3n) is 2.91. The summed E-state index contributed by atoms with van der Waals surface area (Å²) in [7, 11) is -0.892. The first-order valence-electron chi connectivity index (χ1n) is 6.25. The van der Waals surface area contributed by atoms with Gasteiger partial charge in [0, 0.05) is 22.8 Å². The molecule has 0 aliphatic carbocycles. The van der Waals surface area contributed by atoms with E-state index in [2.05, 4.69) is 10.6 Å². The average Bonchev–Trinajstić information content (AvgIpc) is 2.37. The van der Waals surface area contributed by atoms with Gasteiger partial charge in [-0.3, -0.25) is 9.00 Å². The van der Waals surface area contributed by atoms with E-state index in [0.717, 1.165) is 5.69 Å². The van der Waals surface area contributed by atoms with E-state index in [1.165, 1.54) is 0 Å². The van der Waals surface area contributed by atoms with Crippen LogP contribution in [0.1, 0.15) is 13.3 Å². The molecule has 2 atom stereocenters. The van der Waals surface area contributed by atoms with E-state index in [9.17, 15) is 9.00 Å². The van der Waals surface area contributed by atoms with Crippen molar-refractivity contribution in [2.45, 2.75) is 19.4 Å². The fourth-order valence-electron chi connectivity index (χ4n) is 2.01. The van der Waals surface area contributed by atoms with Crippen LogP contribution < -0.4 is 15.4 Å². The molecule has 1 aliphatic rings. The van der Waals surface area contributed by atoms with Gasteiger partial charge in [-0.15, -0.1) is 0 Å². The summed E-state index contributed by atoms with van der Waals surface area (Å²) in [4.78, 5) is 12.0. The Labute approximate surface area is 115 Å². The van der Waals surface area contributed by atoms with Crippen molar-refractivity contribution >= 4 is 28.1 Å². The highest BCUT2D eigenvalue weighted by Crippen LogP contribution is 2.36. The highest BCUT2D eigenvalue weighted by atomic mass is 32.2. The van der Waals surface area contributed by atoms with Gasteiger partial charge in [-0.25, -0.2) is 0 Å². The molecule has 1 aliphatic heterocycles. The lowest BCUT2D eigenvalue weighted by molar-refractivity contribution is -0.117. The van der Waals surface area contributed by atoms with Crippen LogP contribution >= 0.6 is 0 Å². The van der Waals surface area contributed by atoms with E-state index in [4.69, 9.17) is 4.74 Å². The summed E-state index contributed by atoms with van der Waals surface area (Å²) in [6.45, 7) is 2.45. The standard InChI is InChI=1S/C13H18N2O3S/c1-3-18-11-6-4-5-9-12(11)15-13(16)10(14-9)7-8-19(2)17/h4-6,10,14H,3,7-8H2,1-2H3,(H,15,16). The lowest BCUT2D eigenvalue weighted by atomic mass is 10.1. The summed E-state index contributed by atoms with van der Waals surface area (Å²) in [5.41, 5.74) is 1.53. The van der Waals surface area contributed by atoms with Gasteiger partial charge >= 0.3 is 0 Å². The lowest BCUT2D eigenvalue weighted by Crippen LogP contribution is -2.39. The topological polar surface area (TPSA) is 67.4 Å². The molecule has 0 saturated carbocycles. The highest BCUT2D eigenvalue weighted by Gasteiger charge is 2.27. The number of carbonyl (C=O) groups excluding carboxylic acids is 1. The van der Waals surface area contributed by atoms with Crippen LogP contribution in [0.3, 0.4) is 0 Å². The summed E-state index contributed by atoms with van der Waals surface area (Å²) >= 11 is 0. The van der Waals surface area contributed by atoms with Crippen LogP contribution in [0.25, 0.3) is 0 Å². The normalized spacial score (nSPS) is 19.1. The highest BCUT2D eigenvalue weighted by molar-refractivity contribution is 7.84. The van der Waals surface area contributed by atoms with Crippen molar-refractivity contribution < 1.29 is 13.7 Å². The van der Waals surface area contributed by atoms with Crippen LogP contribution in [0.5, 0.6) is 5.75 Å². The zero-order chi connectivity index (χ0) is 13.8. The molecule has 19 heavy (non-hydrogen) atoms. The zero-order valence-corrected chi connectivity index (χ0v) is 11.9. The number of carbonyl (C=O) groups is 1. The number of nitrogens with one attached hydrogen (secondary N) is 2. The van der Waals surface area contributed by atoms with Gasteiger partial charge < -0.3 is 15.4 Å². The second kappa shape index (κ2) is 6.06. The van der Waals surface area contributed by atoms with Gasteiger partial charge in [-0.05, 0) is 25.5 Å². The summed E-state index contributed by atoms with van der Waals surface area (Å²) in [5.74, 6) is 1.06. The van der Waals surface area contributed by atoms with Gasteiger partial charge in [0.2, 0.25) is 5.91 Å². The molecule has 6 heteroatoms. The molecule has 2 unspecified atom stereocenters. The van der Waals surface area contributed by atoms with Gasteiger partial charge in [-0.1, -0.05) is 6.07 Å². The Hall–Kier alpha value is -1.56. The second-order valence-corrected chi connectivity index (χ2v) is 5.92. The quantitative estimate of drug-likeness (QED) is 0.860. The molecular formula is C13H18N2O3S. The van der Waals surface area contributed by atoms with Crippen LogP contribution in [0.2, 0.25) is 0 Å². The largest absolute Gasteiger partial charge is 0.492 e. The average molecular weight is 282 g/mol. The van der Waals surface area contributed by atoms with Gasteiger partial charge in [0.05, 0.1) is 12.3 Å². The molecule has 1 heterocycles. The zero-order valence-electron chi connectivity index (χ0n) is 11.1. The van der Waals surface area contributed by atoms with Crippen molar-refractivity contribution in [3.63, 3.8) is 0 Å². The Kier molecular flexibility index (Phi) is 4.42. The Morgan fingerprint density at radius 3 is 2.89 bits per heavy atom. The van der Waals surface area contributed by atoms with Crippen LogP contribution in [0.15, 0.2) is 18.2 Å². The van der Waals surface area contributed by atoms with Crippen molar-refractivity contribution in [2.75, 3.05) is 29.2 Å². The van der Waals surface area contributed by atoms with Crippen molar-refractivity contribution in [1.82, 2.24) is 0 Å². The Balaban J connectivity index is 2.17. The van der Waals surface area contributed by atoms with E-state index in [1.54, 1.807) is 6.26 Å². The van der Waals surface area contributed by atoms with Crippen LogP contribution in [0.4, 0.5) is 11.4 Å². The van der Waals surface area contributed by atoms with Crippen molar-refractivity contribution in [3.8, 4) is 5.75 Å². The molecule has 5 nitrogen and oxygen atoms in total. The summed E-state index contributed by atoms with van der Waals surface area (Å²) in [6.07, 6.45) is 2.19. The Bertz CT molecular complexity index is 505. The molecule has 0 bridgehead atoms. The third-order valence-corrected chi connectivity index (χ3v) is 3.73. The number of benzene rings is 1. The molecule has 1 aromatic rings. The molecule has 1 amide bonds. The number of para-hydroxylation sites is 1. The van der Waals surface area contributed by atoms with Crippen molar-refractivity contribution in [3.05, 3.63) is 18.2 Å². The number of amides is 1. The number of rotatable bonds is 5. The fraction of sp³-hybridized carbons (Fsp3) is 0.462. The first-order chi connectivity index (χ1) is 9.11. The maximum atomic E-state index is 12.0. The van der Waals surface area contributed by atoms with Crippen molar-refractivity contribution in [1.29, 1.82) is 0 Å². The molecule has 0 radical (unpaired) electrons. The molecule has 0 aromatic heterocycles. The molecule has 1 aromatic carbocycles. The van der Waals surface area contributed by atoms with Gasteiger partial charge in [-0.2, -0.15) is 0 Å². The number of fused-ring (bicyclic) bond motifs is 1. The van der Waals surface area contributed by atoms with E-state index >= 15 is 0 Å². The van der Waals surface area contributed by atoms with Gasteiger partial charge in [0.15, 0.2) is 0 Å². The molecule has 104 valence electrons. The molecular weight excluding hydrogens is 264 g/mol. The molecule has 0 spiro atoms. The number of ether oxygens (including phenoxy) is 1. The summed E-state index contributed by atoms with van der Waals surface area (Å²) in [5, 5.41) is 6.04. The minimum atomic E-state index is -0.892. The van der Waals surface area contributed by atoms with Crippen molar-refractivity contribution in [2.24, 2.45) is 0 Å². The monoisotopic (exact) mass is 282 g/mol. The van der Waals surface area contributed by atoms with E-state index in [0.29, 0.717) is 30.2 Å². The number of hydrogen-bond acceptors (Lipinski definition) is 4. The number of anilines is 2. The fourth-order valence-corrected chi connectivity index (χ4v) is 2.57. The van der Waals surface area contributed by atoms with Crippen LogP contribution in [-0.4, -0.2) is 34.8 Å². The van der Waals surface area contributed by atoms with E-state index in [-0.39, 0.29) is 11.9 Å². The van der Waals surface area contributed by atoms with Crippen LogP contribution in [-0.2, 0) is 15.6 Å². The molecule has 0 saturated heterocycles. The molecule has 2 N–H and O–H groups in total. The third kappa shape index (κ3) is 3.26. The molecule has 2 rings (SSSR count). The predicted molar refractivity (Wildman–Crippen MR) is 77.2 cm³/mol. The minimum Gasteiger partial charge on any atom is -0.492 e. The maximum Gasteiger partial charge on any atom is 0.247 e. The lowest BCUT2D eigenvalue weighted by Gasteiger charge is -2.27. The number of hydrogen-bond donors (Lipinski definition) is 2. The minimum absolute atomic E-state index is 0.106. The smallest absolute Gasteiger partial charge is 0.247 e.